The Morgan fingerprint density at radius 3 is 2.40 bits per heavy atom. The summed E-state index contributed by atoms with van der Waals surface area (Å²) in [6.45, 7) is 2.60. The summed E-state index contributed by atoms with van der Waals surface area (Å²) in [6.07, 6.45) is 1.26. The van der Waals surface area contributed by atoms with Crippen molar-refractivity contribution >= 4 is 21.4 Å². The maximum Gasteiger partial charge on any atom is 0.239 e. The summed E-state index contributed by atoms with van der Waals surface area (Å²) >= 11 is 0. The van der Waals surface area contributed by atoms with Gasteiger partial charge in [0.2, 0.25) is 10.0 Å². The fraction of sp³-hybridized carbons (Fsp3) is 0.176. The average Bonchev–Trinajstić information content (AvgIpc) is 2.90. The van der Waals surface area contributed by atoms with Gasteiger partial charge in [0.15, 0.2) is 0 Å². The van der Waals surface area contributed by atoms with E-state index in [1.807, 2.05) is 36.1 Å². The van der Waals surface area contributed by atoms with E-state index in [0.29, 0.717) is 17.9 Å². The van der Waals surface area contributed by atoms with Crippen LogP contribution in [0.1, 0.15) is 18.1 Å². The summed E-state index contributed by atoms with van der Waals surface area (Å²) in [6, 6.07) is 12.6. The molecule has 0 atom stereocenters. The first-order chi connectivity index (χ1) is 11.8. The van der Waals surface area contributed by atoms with Gasteiger partial charge in [0.05, 0.1) is 18.2 Å². The van der Waals surface area contributed by atoms with Crippen LogP contribution < -0.4 is 10.1 Å². The molecule has 2 N–H and O–H groups in total. The normalized spacial score (nSPS) is 14.8. The summed E-state index contributed by atoms with van der Waals surface area (Å²) in [4.78, 5) is 4.20. The van der Waals surface area contributed by atoms with Crippen molar-refractivity contribution in [1.29, 1.82) is 5.26 Å². The van der Waals surface area contributed by atoms with E-state index in [4.69, 9.17) is 10.4 Å². The molecule has 0 bridgehead atoms. The lowest BCUT2D eigenvalue weighted by atomic mass is 10.0. The Hall–Kier alpha value is -2.89. The molecule has 0 spiro atoms. The fourth-order valence-corrected chi connectivity index (χ4v) is 3.18. The number of allylic oxidation sites excluding steroid dienone is 1. The minimum atomic E-state index is -3.76. The summed E-state index contributed by atoms with van der Waals surface area (Å²) in [5.74, 6) is 0.623. The zero-order valence-electron chi connectivity index (χ0n) is 13.8. The van der Waals surface area contributed by atoms with Crippen LogP contribution in [-0.4, -0.2) is 32.0 Å². The highest BCUT2D eigenvalue weighted by atomic mass is 32.2. The Balaban J connectivity index is 1.88. The van der Waals surface area contributed by atoms with Crippen molar-refractivity contribution in [3.05, 3.63) is 59.4 Å². The molecular weight excluding hydrogens is 338 g/mol. The molecule has 0 aliphatic carbocycles. The molecule has 0 amide bonds. The summed E-state index contributed by atoms with van der Waals surface area (Å²) < 4.78 is 22.7. The second-order valence-corrected chi connectivity index (χ2v) is 7.29. The van der Waals surface area contributed by atoms with Crippen LogP contribution in [0.15, 0.2) is 53.2 Å². The quantitative estimate of drug-likeness (QED) is 0.899. The Labute approximate surface area is 146 Å². The third-order valence-corrected chi connectivity index (χ3v) is 5.17. The molecule has 8 heteroatoms. The Kier molecular flexibility index (Phi) is 4.20. The molecular formula is C17H17N5O2S. The van der Waals surface area contributed by atoms with Gasteiger partial charge in [-0.1, -0.05) is 12.1 Å². The van der Waals surface area contributed by atoms with Crippen molar-refractivity contribution in [1.82, 2.24) is 9.99 Å². The van der Waals surface area contributed by atoms with E-state index in [2.05, 4.69) is 11.1 Å². The number of aromatic nitrogens is 1. The van der Waals surface area contributed by atoms with Crippen LogP contribution in [0.4, 0.5) is 5.82 Å². The number of benzene rings is 1. The number of rotatable bonds is 3. The van der Waals surface area contributed by atoms with E-state index in [0.717, 1.165) is 16.8 Å². The summed E-state index contributed by atoms with van der Waals surface area (Å²) in [5, 5.41) is 17.9. The van der Waals surface area contributed by atoms with Crippen molar-refractivity contribution in [3.8, 4) is 6.07 Å². The van der Waals surface area contributed by atoms with Crippen LogP contribution in [0.5, 0.6) is 0 Å². The van der Waals surface area contributed by atoms with Gasteiger partial charge in [-0.2, -0.15) is 5.26 Å². The maximum atomic E-state index is 11.4. The van der Waals surface area contributed by atoms with Crippen LogP contribution >= 0.6 is 0 Å². The largest absolute Gasteiger partial charge is 0.291 e. The molecule has 128 valence electrons. The Bertz CT molecular complexity index is 973. The first-order valence-corrected chi connectivity index (χ1v) is 9.06. The number of hydrogen-bond acceptors (Lipinski definition) is 6. The van der Waals surface area contributed by atoms with Gasteiger partial charge >= 0.3 is 0 Å². The van der Waals surface area contributed by atoms with Gasteiger partial charge < -0.3 is 0 Å². The number of hydrazine groups is 1. The molecule has 3 rings (SSSR count). The van der Waals surface area contributed by atoms with E-state index < -0.39 is 10.0 Å². The second-order valence-electron chi connectivity index (χ2n) is 5.73. The highest BCUT2D eigenvalue weighted by molar-refractivity contribution is 7.89. The molecule has 0 radical (unpaired) electrons. The number of anilines is 1. The summed E-state index contributed by atoms with van der Waals surface area (Å²) in [5.41, 5.74) is 3.82. The standard InChI is InChI=1S/C17H17N5O2S/c1-12-16(14-5-3-13(9-18)4-6-14)11-22(21(12)2)17-8-7-15(10-20-17)25(19,23)24/h3-8,10H,11H2,1-2H3,(H2,19,23,24). The molecule has 0 fully saturated rings. The van der Waals surface area contributed by atoms with Gasteiger partial charge in [-0.15, -0.1) is 0 Å². The van der Waals surface area contributed by atoms with Gasteiger partial charge in [0.1, 0.15) is 10.7 Å². The predicted octanol–water partition coefficient (Wildman–Crippen LogP) is 1.70. The zero-order chi connectivity index (χ0) is 18.2. The minimum absolute atomic E-state index is 0.0184. The van der Waals surface area contributed by atoms with Crippen molar-refractivity contribution in [2.75, 3.05) is 18.6 Å². The van der Waals surface area contributed by atoms with Gasteiger partial charge in [0, 0.05) is 24.5 Å². The van der Waals surface area contributed by atoms with Crippen LogP contribution in [0.3, 0.4) is 0 Å². The molecule has 1 aromatic carbocycles. The molecule has 0 unspecified atom stereocenters. The third kappa shape index (κ3) is 3.20. The van der Waals surface area contributed by atoms with Crippen LogP contribution in [0, 0.1) is 11.3 Å². The molecule has 1 aromatic heterocycles. The maximum absolute atomic E-state index is 11.4. The van der Waals surface area contributed by atoms with Crippen LogP contribution in [0.2, 0.25) is 0 Å². The highest BCUT2D eigenvalue weighted by Gasteiger charge is 2.26. The first kappa shape index (κ1) is 17.0. The number of hydrogen-bond donors (Lipinski definition) is 1. The minimum Gasteiger partial charge on any atom is -0.291 e. The van der Waals surface area contributed by atoms with Gasteiger partial charge in [0.25, 0.3) is 0 Å². The summed E-state index contributed by atoms with van der Waals surface area (Å²) in [7, 11) is -1.84. The van der Waals surface area contributed by atoms with Crippen molar-refractivity contribution < 1.29 is 8.42 Å². The number of primary sulfonamides is 1. The molecule has 0 saturated heterocycles. The SMILES string of the molecule is CC1=C(c2ccc(C#N)cc2)CN(c2ccc(S(N)(=O)=O)cn2)N1C. The Morgan fingerprint density at radius 1 is 1.20 bits per heavy atom. The lowest BCUT2D eigenvalue weighted by molar-refractivity contribution is 0.418. The molecule has 7 nitrogen and oxygen atoms in total. The molecule has 25 heavy (non-hydrogen) atoms. The number of nitriles is 1. The number of sulfonamides is 1. The first-order valence-electron chi connectivity index (χ1n) is 7.51. The lowest BCUT2D eigenvalue weighted by Gasteiger charge is -2.28. The topological polar surface area (TPSA) is 103 Å². The lowest BCUT2D eigenvalue weighted by Crippen LogP contribution is -2.34. The number of pyridine rings is 1. The number of nitrogens with zero attached hydrogens (tertiary/aromatic N) is 4. The molecule has 2 heterocycles. The molecule has 0 saturated carbocycles. The van der Waals surface area contributed by atoms with Crippen LogP contribution in [0.25, 0.3) is 5.57 Å². The van der Waals surface area contributed by atoms with Crippen molar-refractivity contribution in [2.24, 2.45) is 5.14 Å². The van der Waals surface area contributed by atoms with E-state index in [-0.39, 0.29) is 4.90 Å². The van der Waals surface area contributed by atoms with Gasteiger partial charge in [-0.05, 0) is 36.8 Å². The smallest absolute Gasteiger partial charge is 0.239 e. The number of nitrogens with two attached hydrogens (primary N) is 1. The van der Waals surface area contributed by atoms with Crippen molar-refractivity contribution in [3.63, 3.8) is 0 Å². The van der Waals surface area contributed by atoms with E-state index in [9.17, 15) is 8.42 Å². The average molecular weight is 355 g/mol. The fourth-order valence-electron chi connectivity index (χ4n) is 2.72. The van der Waals surface area contributed by atoms with E-state index >= 15 is 0 Å². The van der Waals surface area contributed by atoms with Crippen molar-refractivity contribution in [2.45, 2.75) is 11.8 Å². The highest BCUT2D eigenvalue weighted by Crippen LogP contribution is 2.32. The molecule has 1 aliphatic rings. The van der Waals surface area contributed by atoms with Gasteiger partial charge in [-0.25, -0.2) is 18.5 Å². The van der Waals surface area contributed by atoms with Gasteiger partial charge in [-0.3, -0.25) is 10.0 Å². The molecule has 1 aliphatic heterocycles. The third-order valence-electron chi connectivity index (χ3n) is 4.27. The van der Waals surface area contributed by atoms with E-state index in [1.54, 1.807) is 18.2 Å². The van der Waals surface area contributed by atoms with E-state index in [1.165, 1.54) is 12.3 Å². The predicted molar refractivity (Wildman–Crippen MR) is 94.5 cm³/mol. The van der Waals surface area contributed by atoms with Crippen LogP contribution in [-0.2, 0) is 10.0 Å². The monoisotopic (exact) mass is 355 g/mol. The zero-order valence-corrected chi connectivity index (χ0v) is 14.7. The molecule has 2 aromatic rings. The second kappa shape index (κ2) is 6.20. The Morgan fingerprint density at radius 2 is 1.88 bits per heavy atom.